The zero-order chi connectivity index (χ0) is 13.0. The van der Waals surface area contributed by atoms with Crippen LogP contribution in [0.15, 0.2) is 24.3 Å². The van der Waals surface area contributed by atoms with Crippen LogP contribution in [0.2, 0.25) is 0 Å². The topological polar surface area (TPSA) is 35.2 Å². The third-order valence-electron chi connectivity index (χ3n) is 3.75. The van der Waals surface area contributed by atoms with Gasteiger partial charge in [-0.25, -0.2) is 4.39 Å². The minimum atomic E-state index is -0.237. The van der Waals surface area contributed by atoms with Crippen LogP contribution in [0.4, 0.5) is 4.39 Å². The second-order valence-electron chi connectivity index (χ2n) is 5.24. The van der Waals surface area contributed by atoms with E-state index in [9.17, 15) is 4.39 Å². The molecule has 2 rings (SSSR count). The largest absolute Gasteiger partial charge is 0.489 e. The molecule has 0 heterocycles. The van der Waals surface area contributed by atoms with E-state index in [0.717, 1.165) is 18.8 Å². The highest BCUT2D eigenvalue weighted by Gasteiger charge is 2.29. The van der Waals surface area contributed by atoms with E-state index < -0.39 is 0 Å². The van der Waals surface area contributed by atoms with Gasteiger partial charge in [0.1, 0.15) is 17.7 Å². The maximum atomic E-state index is 12.8. The fraction of sp³-hybridized carbons (Fsp3) is 0.600. The first-order valence-corrected chi connectivity index (χ1v) is 6.87. The molecule has 1 aliphatic carbocycles. The molecule has 0 amide bonds. The molecule has 0 bridgehead atoms. The predicted molar refractivity (Wildman–Crippen MR) is 71.0 cm³/mol. The fourth-order valence-electron chi connectivity index (χ4n) is 2.73. The summed E-state index contributed by atoms with van der Waals surface area (Å²) in [5.74, 6) is 1.20. The summed E-state index contributed by atoms with van der Waals surface area (Å²) in [4.78, 5) is 0. The molecular weight excluding hydrogens is 229 g/mol. The van der Waals surface area contributed by atoms with E-state index in [4.69, 9.17) is 10.5 Å². The maximum Gasteiger partial charge on any atom is 0.123 e. The van der Waals surface area contributed by atoms with Gasteiger partial charge in [-0.3, -0.25) is 0 Å². The average molecular weight is 251 g/mol. The monoisotopic (exact) mass is 251 g/mol. The maximum absolute atomic E-state index is 12.8. The second-order valence-corrected chi connectivity index (χ2v) is 5.24. The van der Waals surface area contributed by atoms with Gasteiger partial charge in [-0.1, -0.05) is 19.8 Å². The van der Waals surface area contributed by atoms with Gasteiger partial charge in [0.2, 0.25) is 0 Å². The molecule has 0 aliphatic heterocycles. The van der Waals surface area contributed by atoms with E-state index in [-0.39, 0.29) is 18.0 Å². The molecule has 2 nitrogen and oxygen atoms in total. The molecule has 1 saturated carbocycles. The van der Waals surface area contributed by atoms with Gasteiger partial charge in [-0.15, -0.1) is 0 Å². The molecule has 1 fully saturated rings. The Kier molecular flexibility index (Phi) is 4.59. The van der Waals surface area contributed by atoms with Crippen LogP contribution >= 0.6 is 0 Å². The Morgan fingerprint density at radius 2 is 2.00 bits per heavy atom. The first-order chi connectivity index (χ1) is 8.69. The highest BCUT2D eigenvalue weighted by Crippen LogP contribution is 2.30. The summed E-state index contributed by atoms with van der Waals surface area (Å²) in [7, 11) is 0. The lowest BCUT2D eigenvalue weighted by molar-refractivity contribution is 0.0992. The van der Waals surface area contributed by atoms with E-state index in [0.29, 0.717) is 5.75 Å². The second kappa shape index (κ2) is 6.19. The minimum absolute atomic E-state index is 0.0701. The Hall–Kier alpha value is -1.09. The Labute approximate surface area is 108 Å². The van der Waals surface area contributed by atoms with Crippen molar-refractivity contribution in [3.05, 3.63) is 30.1 Å². The van der Waals surface area contributed by atoms with Crippen LogP contribution in [0.25, 0.3) is 0 Å². The van der Waals surface area contributed by atoms with Crippen molar-refractivity contribution >= 4 is 0 Å². The van der Waals surface area contributed by atoms with Crippen molar-refractivity contribution in [1.82, 2.24) is 0 Å². The lowest BCUT2D eigenvalue weighted by Crippen LogP contribution is -2.43. The third-order valence-corrected chi connectivity index (χ3v) is 3.75. The molecular formula is C15H22FNO. The molecule has 3 heteroatoms. The first-order valence-electron chi connectivity index (χ1n) is 6.87. The van der Waals surface area contributed by atoms with Crippen molar-refractivity contribution in [3.8, 4) is 5.75 Å². The molecule has 0 aromatic heterocycles. The van der Waals surface area contributed by atoms with Crippen LogP contribution in [0, 0.1) is 11.7 Å². The predicted octanol–water partition coefficient (Wildman–Crippen LogP) is 3.50. The fourth-order valence-corrected chi connectivity index (χ4v) is 2.73. The van der Waals surface area contributed by atoms with Gasteiger partial charge in [-0.05, 0) is 49.4 Å². The van der Waals surface area contributed by atoms with E-state index in [2.05, 4.69) is 6.92 Å². The third kappa shape index (κ3) is 3.45. The van der Waals surface area contributed by atoms with Crippen LogP contribution in [0.1, 0.15) is 39.0 Å². The Balaban J connectivity index is 1.95. The minimum Gasteiger partial charge on any atom is -0.489 e. The van der Waals surface area contributed by atoms with Crippen molar-refractivity contribution in [3.63, 3.8) is 0 Å². The van der Waals surface area contributed by atoms with Crippen molar-refractivity contribution in [2.75, 3.05) is 0 Å². The van der Waals surface area contributed by atoms with Gasteiger partial charge in [-0.2, -0.15) is 0 Å². The van der Waals surface area contributed by atoms with Crippen LogP contribution in [-0.4, -0.2) is 12.1 Å². The summed E-state index contributed by atoms with van der Waals surface area (Å²) in [5, 5.41) is 0. The number of benzene rings is 1. The summed E-state index contributed by atoms with van der Waals surface area (Å²) in [6, 6.07) is 6.29. The van der Waals surface area contributed by atoms with Crippen LogP contribution in [-0.2, 0) is 0 Å². The molecule has 1 aliphatic rings. The van der Waals surface area contributed by atoms with Crippen molar-refractivity contribution < 1.29 is 9.13 Å². The van der Waals surface area contributed by atoms with Crippen molar-refractivity contribution in [2.24, 2.45) is 11.7 Å². The van der Waals surface area contributed by atoms with Gasteiger partial charge in [0.15, 0.2) is 0 Å². The standard InChI is InChI=1S/C15H22FNO/c1-2-3-11-4-9-14(17)15(10-11)18-13-7-5-12(16)6-8-13/h5-8,11,14-15H,2-4,9-10,17H2,1H3. The summed E-state index contributed by atoms with van der Waals surface area (Å²) >= 11 is 0. The molecule has 18 heavy (non-hydrogen) atoms. The molecule has 1 aromatic rings. The van der Waals surface area contributed by atoms with Crippen molar-refractivity contribution in [2.45, 2.75) is 51.2 Å². The van der Waals surface area contributed by atoms with E-state index in [1.807, 2.05) is 0 Å². The quantitative estimate of drug-likeness (QED) is 0.889. The molecule has 100 valence electrons. The summed E-state index contributed by atoms with van der Waals surface area (Å²) in [6.45, 7) is 2.21. The van der Waals surface area contributed by atoms with Crippen LogP contribution in [0.3, 0.4) is 0 Å². The van der Waals surface area contributed by atoms with Crippen LogP contribution in [0.5, 0.6) is 5.75 Å². The molecule has 2 N–H and O–H groups in total. The van der Waals surface area contributed by atoms with E-state index in [1.165, 1.54) is 31.4 Å². The Morgan fingerprint density at radius 3 is 2.67 bits per heavy atom. The van der Waals surface area contributed by atoms with E-state index in [1.54, 1.807) is 12.1 Å². The van der Waals surface area contributed by atoms with Crippen molar-refractivity contribution in [1.29, 1.82) is 0 Å². The Bertz CT molecular complexity index is 365. The lowest BCUT2D eigenvalue weighted by Gasteiger charge is -2.34. The summed E-state index contributed by atoms with van der Waals surface area (Å²) in [6.07, 6.45) is 5.78. The summed E-state index contributed by atoms with van der Waals surface area (Å²) < 4.78 is 18.7. The molecule has 1 aromatic carbocycles. The van der Waals surface area contributed by atoms with Gasteiger partial charge < -0.3 is 10.5 Å². The lowest BCUT2D eigenvalue weighted by atomic mass is 9.82. The summed E-state index contributed by atoms with van der Waals surface area (Å²) in [5.41, 5.74) is 6.12. The van der Waals surface area contributed by atoms with Gasteiger partial charge in [0, 0.05) is 6.04 Å². The molecule has 3 unspecified atom stereocenters. The zero-order valence-corrected chi connectivity index (χ0v) is 10.9. The SMILES string of the molecule is CCCC1CCC(N)C(Oc2ccc(F)cc2)C1. The molecule has 0 saturated heterocycles. The molecule has 0 radical (unpaired) electrons. The zero-order valence-electron chi connectivity index (χ0n) is 10.9. The average Bonchev–Trinajstić information content (AvgIpc) is 2.36. The van der Waals surface area contributed by atoms with Gasteiger partial charge in [0.25, 0.3) is 0 Å². The number of ether oxygens (including phenoxy) is 1. The number of hydrogen-bond donors (Lipinski definition) is 1. The number of hydrogen-bond acceptors (Lipinski definition) is 2. The normalized spacial score (nSPS) is 28.1. The molecule has 0 spiro atoms. The van der Waals surface area contributed by atoms with E-state index >= 15 is 0 Å². The smallest absolute Gasteiger partial charge is 0.123 e. The number of rotatable bonds is 4. The van der Waals surface area contributed by atoms with Gasteiger partial charge >= 0.3 is 0 Å². The highest BCUT2D eigenvalue weighted by molar-refractivity contribution is 5.22. The molecule has 3 atom stereocenters. The highest BCUT2D eigenvalue weighted by atomic mass is 19.1. The number of halogens is 1. The number of nitrogens with two attached hydrogens (primary N) is 1. The van der Waals surface area contributed by atoms with Crippen LogP contribution < -0.4 is 10.5 Å². The van der Waals surface area contributed by atoms with Gasteiger partial charge in [0.05, 0.1) is 0 Å². The first kappa shape index (κ1) is 13.3. The Morgan fingerprint density at radius 1 is 1.28 bits per heavy atom.